The third kappa shape index (κ3) is 3.90. The second-order valence-corrected chi connectivity index (χ2v) is 9.21. The summed E-state index contributed by atoms with van der Waals surface area (Å²) in [6.45, 7) is 8.09. The number of aromatic nitrogens is 3. The SMILES string of the molecule is CNc1nc(C2CCN(C(C)=O)CC2)nc2c1CN(C(=O)c1sc(C)nc1C)CC2. The van der Waals surface area contributed by atoms with E-state index in [0.29, 0.717) is 19.5 Å². The molecule has 2 amide bonds. The van der Waals surface area contributed by atoms with E-state index >= 15 is 0 Å². The van der Waals surface area contributed by atoms with Gasteiger partial charge in [0.15, 0.2) is 0 Å². The number of hydrogen-bond donors (Lipinski definition) is 1. The maximum Gasteiger partial charge on any atom is 0.266 e. The quantitative estimate of drug-likeness (QED) is 0.808. The first-order chi connectivity index (χ1) is 14.4. The molecule has 2 aliphatic rings. The number of thiazole rings is 1. The predicted molar refractivity (Wildman–Crippen MR) is 116 cm³/mol. The Morgan fingerprint density at radius 2 is 1.80 bits per heavy atom. The molecule has 0 aromatic carbocycles. The summed E-state index contributed by atoms with van der Waals surface area (Å²) >= 11 is 1.45. The molecular formula is C21H28N6O2S. The highest BCUT2D eigenvalue weighted by atomic mass is 32.1. The van der Waals surface area contributed by atoms with Gasteiger partial charge in [-0.2, -0.15) is 0 Å². The number of anilines is 1. The molecule has 1 N–H and O–H groups in total. The normalized spacial score (nSPS) is 17.1. The highest BCUT2D eigenvalue weighted by Gasteiger charge is 2.30. The molecular weight excluding hydrogens is 400 g/mol. The summed E-state index contributed by atoms with van der Waals surface area (Å²) in [7, 11) is 1.86. The standard InChI is InChI=1S/C21H28N6O2S/c1-12-18(30-13(2)23-12)21(29)27-10-7-17-16(11-27)20(22-4)25-19(24-17)15-5-8-26(9-6-15)14(3)28/h15H,5-11H2,1-4H3,(H,22,24,25). The molecule has 1 fully saturated rings. The predicted octanol–water partition coefficient (Wildman–Crippen LogP) is 2.52. The van der Waals surface area contributed by atoms with E-state index in [1.165, 1.54) is 11.3 Å². The molecule has 30 heavy (non-hydrogen) atoms. The molecule has 2 aliphatic heterocycles. The van der Waals surface area contributed by atoms with Crippen molar-refractivity contribution >= 4 is 29.0 Å². The van der Waals surface area contributed by atoms with Gasteiger partial charge >= 0.3 is 0 Å². The van der Waals surface area contributed by atoms with Crippen LogP contribution in [0.3, 0.4) is 0 Å². The Hall–Kier alpha value is -2.55. The Balaban J connectivity index is 1.54. The van der Waals surface area contributed by atoms with Gasteiger partial charge in [0.2, 0.25) is 5.91 Å². The van der Waals surface area contributed by atoms with Crippen molar-refractivity contribution in [1.29, 1.82) is 0 Å². The average molecular weight is 429 g/mol. The first-order valence-corrected chi connectivity index (χ1v) is 11.2. The van der Waals surface area contributed by atoms with Gasteiger partial charge in [-0.1, -0.05) is 0 Å². The molecule has 8 nitrogen and oxygen atoms in total. The van der Waals surface area contributed by atoms with E-state index in [9.17, 15) is 9.59 Å². The van der Waals surface area contributed by atoms with E-state index in [1.807, 2.05) is 30.7 Å². The van der Waals surface area contributed by atoms with Gasteiger partial charge in [-0.25, -0.2) is 15.0 Å². The van der Waals surface area contributed by atoms with Crippen LogP contribution in [0.15, 0.2) is 0 Å². The van der Waals surface area contributed by atoms with Crippen LogP contribution in [-0.2, 0) is 17.8 Å². The van der Waals surface area contributed by atoms with Gasteiger partial charge in [0, 0.05) is 51.5 Å². The minimum atomic E-state index is 0.0338. The summed E-state index contributed by atoms with van der Waals surface area (Å²) in [6, 6.07) is 0. The second-order valence-electron chi connectivity index (χ2n) is 8.01. The number of aryl methyl sites for hydroxylation is 2. The second kappa shape index (κ2) is 8.29. The van der Waals surface area contributed by atoms with Crippen LogP contribution in [0.5, 0.6) is 0 Å². The molecule has 4 rings (SSSR count). The Kier molecular flexibility index (Phi) is 5.73. The number of hydrogen-bond acceptors (Lipinski definition) is 7. The number of rotatable bonds is 3. The Bertz CT molecular complexity index is 963. The van der Waals surface area contributed by atoms with Gasteiger partial charge in [-0.15, -0.1) is 11.3 Å². The number of amides is 2. The molecule has 0 aliphatic carbocycles. The number of likely N-dealkylation sites (tertiary alicyclic amines) is 1. The van der Waals surface area contributed by atoms with Gasteiger partial charge in [0.25, 0.3) is 5.91 Å². The third-order valence-corrected chi connectivity index (χ3v) is 7.07. The lowest BCUT2D eigenvalue weighted by Gasteiger charge is -2.32. The van der Waals surface area contributed by atoms with Crippen molar-refractivity contribution in [3.8, 4) is 0 Å². The van der Waals surface area contributed by atoms with Gasteiger partial charge in [0.05, 0.1) is 22.9 Å². The summed E-state index contributed by atoms with van der Waals surface area (Å²) in [5.74, 6) is 2.09. The fourth-order valence-electron chi connectivity index (χ4n) is 4.32. The third-order valence-electron chi connectivity index (χ3n) is 6.00. The highest BCUT2D eigenvalue weighted by Crippen LogP contribution is 2.31. The van der Waals surface area contributed by atoms with Crippen molar-refractivity contribution in [3.63, 3.8) is 0 Å². The van der Waals surface area contributed by atoms with Gasteiger partial charge in [-0.05, 0) is 26.7 Å². The van der Waals surface area contributed by atoms with E-state index in [0.717, 1.165) is 64.4 Å². The number of nitrogens with zero attached hydrogens (tertiary/aromatic N) is 5. The van der Waals surface area contributed by atoms with Crippen LogP contribution in [-0.4, -0.2) is 63.2 Å². The lowest BCUT2D eigenvalue weighted by Crippen LogP contribution is -2.38. The molecule has 9 heteroatoms. The maximum absolute atomic E-state index is 13.0. The zero-order valence-corrected chi connectivity index (χ0v) is 18.8. The van der Waals surface area contributed by atoms with Crippen molar-refractivity contribution < 1.29 is 9.59 Å². The van der Waals surface area contributed by atoms with Crippen LogP contribution in [0.4, 0.5) is 5.82 Å². The largest absolute Gasteiger partial charge is 0.373 e. The Morgan fingerprint density at radius 3 is 2.40 bits per heavy atom. The zero-order valence-electron chi connectivity index (χ0n) is 18.0. The molecule has 0 radical (unpaired) electrons. The summed E-state index contributed by atoms with van der Waals surface area (Å²) in [5.41, 5.74) is 2.83. The molecule has 2 aromatic rings. The lowest BCUT2D eigenvalue weighted by molar-refractivity contribution is -0.129. The van der Waals surface area contributed by atoms with E-state index < -0.39 is 0 Å². The van der Waals surface area contributed by atoms with Crippen molar-refractivity contribution in [2.24, 2.45) is 0 Å². The summed E-state index contributed by atoms with van der Waals surface area (Å²) in [6.07, 6.45) is 2.49. The molecule has 0 unspecified atom stereocenters. The lowest BCUT2D eigenvalue weighted by atomic mass is 9.95. The van der Waals surface area contributed by atoms with E-state index in [2.05, 4.69) is 10.3 Å². The molecule has 0 saturated carbocycles. The van der Waals surface area contributed by atoms with Crippen molar-refractivity contribution in [1.82, 2.24) is 24.8 Å². The van der Waals surface area contributed by atoms with E-state index in [-0.39, 0.29) is 17.7 Å². The molecule has 0 bridgehead atoms. The zero-order chi connectivity index (χ0) is 21.4. The van der Waals surface area contributed by atoms with Crippen LogP contribution in [0, 0.1) is 13.8 Å². The number of carbonyl (C=O) groups excluding carboxylic acids is 2. The Morgan fingerprint density at radius 1 is 1.07 bits per heavy atom. The minimum absolute atomic E-state index is 0.0338. The fraction of sp³-hybridized carbons (Fsp3) is 0.571. The van der Waals surface area contributed by atoms with Crippen LogP contribution in [0.2, 0.25) is 0 Å². The van der Waals surface area contributed by atoms with Crippen LogP contribution < -0.4 is 5.32 Å². The number of carbonyl (C=O) groups is 2. The first kappa shape index (κ1) is 20.7. The number of piperidine rings is 1. The molecule has 2 aromatic heterocycles. The van der Waals surface area contributed by atoms with Gasteiger partial charge in [-0.3, -0.25) is 9.59 Å². The summed E-state index contributed by atoms with van der Waals surface area (Å²) in [4.78, 5) is 43.2. The summed E-state index contributed by atoms with van der Waals surface area (Å²) in [5, 5.41) is 4.12. The van der Waals surface area contributed by atoms with Gasteiger partial charge in [0.1, 0.15) is 16.5 Å². The highest BCUT2D eigenvalue weighted by molar-refractivity contribution is 7.13. The molecule has 4 heterocycles. The molecule has 0 spiro atoms. The van der Waals surface area contributed by atoms with E-state index in [4.69, 9.17) is 9.97 Å². The van der Waals surface area contributed by atoms with Crippen molar-refractivity contribution in [2.45, 2.75) is 52.5 Å². The smallest absolute Gasteiger partial charge is 0.266 e. The van der Waals surface area contributed by atoms with Crippen molar-refractivity contribution in [3.05, 3.63) is 32.7 Å². The molecule has 1 saturated heterocycles. The van der Waals surface area contributed by atoms with Crippen LogP contribution >= 0.6 is 11.3 Å². The Labute approximate surface area is 180 Å². The van der Waals surface area contributed by atoms with E-state index in [1.54, 1.807) is 6.92 Å². The van der Waals surface area contributed by atoms with Crippen LogP contribution in [0.25, 0.3) is 0 Å². The first-order valence-electron chi connectivity index (χ1n) is 10.4. The minimum Gasteiger partial charge on any atom is -0.373 e. The van der Waals surface area contributed by atoms with Crippen LogP contribution in [0.1, 0.15) is 63.1 Å². The molecule has 160 valence electrons. The number of nitrogens with one attached hydrogen (secondary N) is 1. The number of fused-ring (bicyclic) bond motifs is 1. The summed E-state index contributed by atoms with van der Waals surface area (Å²) < 4.78 is 0. The molecule has 0 atom stereocenters. The maximum atomic E-state index is 13.0. The topological polar surface area (TPSA) is 91.3 Å². The van der Waals surface area contributed by atoms with Gasteiger partial charge < -0.3 is 15.1 Å². The van der Waals surface area contributed by atoms with Crippen molar-refractivity contribution in [2.75, 3.05) is 32.0 Å². The average Bonchev–Trinajstić information content (AvgIpc) is 3.09. The fourth-order valence-corrected chi connectivity index (χ4v) is 5.21. The monoisotopic (exact) mass is 428 g/mol.